The molecule has 0 radical (unpaired) electrons. The lowest BCUT2D eigenvalue weighted by atomic mass is 10.1. The zero-order chi connectivity index (χ0) is 17.1. The average Bonchev–Trinajstić information content (AvgIpc) is 2.87. The highest BCUT2D eigenvalue weighted by atomic mass is 16.2. The molecule has 1 aliphatic heterocycles. The van der Waals surface area contributed by atoms with Crippen LogP contribution in [0.2, 0.25) is 0 Å². The van der Waals surface area contributed by atoms with Crippen molar-refractivity contribution in [2.24, 2.45) is 11.7 Å². The van der Waals surface area contributed by atoms with Crippen molar-refractivity contribution < 1.29 is 9.59 Å². The number of nitrogens with zero attached hydrogens (tertiary/aromatic N) is 4. The maximum absolute atomic E-state index is 12.6. The number of aryl methyl sites for hydroxylation is 1. The van der Waals surface area contributed by atoms with Crippen LogP contribution in [0.4, 0.5) is 0 Å². The molecule has 0 bridgehead atoms. The molecule has 1 saturated heterocycles. The van der Waals surface area contributed by atoms with Crippen molar-refractivity contribution in [1.29, 1.82) is 0 Å². The van der Waals surface area contributed by atoms with Gasteiger partial charge in [0.15, 0.2) is 0 Å². The Bertz CT molecular complexity index is 741. The monoisotopic (exact) mass is 329 g/mol. The van der Waals surface area contributed by atoms with Gasteiger partial charge in [-0.3, -0.25) is 14.3 Å². The summed E-state index contributed by atoms with van der Waals surface area (Å²) < 4.78 is 1.85. The van der Waals surface area contributed by atoms with Crippen LogP contribution in [0.15, 0.2) is 30.5 Å². The van der Waals surface area contributed by atoms with Crippen molar-refractivity contribution in [3.8, 4) is 0 Å². The maximum atomic E-state index is 12.6. The number of nitrogens with two attached hydrogens (primary N) is 1. The summed E-state index contributed by atoms with van der Waals surface area (Å²) in [7, 11) is 1.94. The fraction of sp³-hybridized carbons (Fsp3) is 0.471. The summed E-state index contributed by atoms with van der Waals surface area (Å²) in [6, 6.07) is 7.93. The van der Waals surface area contributed by atoms with E-state index in [9.17, 15) is 9.59 Å². The number of hydrogen-bond donors (Lipinski definition) is 1. The van der Waals surface area contributed by atoms with E-state index in [0.717, 1.165) is 17.4 Å². The third-order valence-electron chi connectivity index (χ3n) is 4.57. The lowest BCUT2D eigenvalue weighted by molar-refractivity contribution is -0.132. The molecule has 0 unspecified atom stereocenters. The summed E-state index contributed by atoms with van der Waals surface area (Å²) in [6.07, 6.45) is 2.17. The van der Waals surface area contributed by atoms with E-state index in [1.54, 1.807) is 4.90 Å². The number of para-hydroxylation sites is 1. The molecule has 2 N–H and O–H groups in total. The van der Waals surface area contributed by atoms with E-state index < -0.39 is 0 Å². The molecule has 7 heteroatoms. The third kappa shape index (κ3) is 3.56. The lowest BCUT2D eigenvalue weighted by Crippen LogP contribution is -2.40. The summed E-state index contributed by atoms with van der Waals surface area (Å²) in [6.45, 7) is 2.90. The Kier molecular flexibility index (Phi) is 4.80. The summed E-state index contributed by atoms with van der Waals surface area (Å²) >= 11 is 0. The van der Waals surface area contributed by atoms with Crippen LogP contribution in [0, 0.1) is 5.92 Å². The third-order valence-corrected chi connectivity index (χ3v) is 4.57. The van der Waals surface area contributed by atoms with Crippen LogP contribution in [0.3, 0.4) is 0 Å². The van der Waals surface area contributed by atoms with Gasteiger partial charge in [0.2, 0.25) is 11.8 Å². The average molecular weight is 329 g/mol. The van der Waals surface area contributed by atoms with E-state index in [4.69, 9.17) is 5.73 Å². The van der Waals surface area contributed by atoms with Crippen LogP contribution >= 0.6 is 0 Å². The summed E-state index contributed by atoms with van der Waals surface area (Å²) in [5.41, 5.74) is 6.48. The van der Waals surface area contributed by atoms with Crippen LogP contribution < -0.4 is 5.73 Å². The Morgan fingerprint density at radius 3 is 2.83 bits per heavy atom. The lowest BCUT2D eigenvalue weighted by Gasteiger charge is -2.22. The maximum Gasteiger partial charge on any atom is 0.224 e. The van der Waals surface area contributed by atoms with Gasteiger partial charge in [-0.15, -0.1) is 0 Å². The normalized spacial score (nSPS) is 19.4. The van der Waals surface area contributed by atoms with Crippen molar-refractivity contribution in [3.05, 3.63) is 30.5 Å². The highest BCUT2D eigenvalue weighted by Crippen LogP contribution is 2.14. The minimum Gasteiger partial charge on any atom is -0.369 e. The number of likely N-dealkylation sites (N-methyl/N-ethyl adjacent to an activating group) is 1. The molecule has 0 spiro atoms. The Labute approximate surface area is 141 Å². The highest BCUT2D eigenvalue weighted by molar-refractivity contribution is 5.81. The summed E-state index contributed by atoms with van der Waals surface area (Å²) in [5, 5.41) is 5.41. The SMILES string of the molecule is CN1CCN(C(=O)CCn2ncc3ccccc32)C[C@H](C(N)=O)C1. The van der Waals surface area contributed by atoms with Gasteiger partial charge in [0.1, 0.15) is 0 Å². The molecular formula is C17H23N5O2. The van der Waals surface area contributed by atoms with Crippen LogP contribution in [-0.2, 0) is 16.1 Å². The first kappa shape index (κ1) is 16.4. The number of carbonyl (C=O) groups excluding carboxylic acids is 2. The minimum atomic E-state index is -0.348. The molecule has 0 aliphatic carbocycles. The fourth-order valence-corrected chi connectivity index (χ4v) is 3.14. The first-order chi connectivity index (χ1) is 11.5. The van der Waals surface area contributed by atoms with E-state index in [2.05, 4.69) is 5.10 Å². The molecule has 1 fully saturated rings. The smallest absolute Gasteiger partial charge is 0.224 e. The topological polar surface area (TPSA) is 84.5 Å². The molecule has 1 aromatic carbocycles. The molecule has 2 amide bonds. The molecule has 24 heavy (non-hydrogen) atoms. The number of rotatable bonds is 4. The quantitative estimate of drug-likeness (QED) is 0.874. The van der Waals surface area contributed by atoms with Crippen molar-refractivity contribution in [1.82, 2.24) is 19.6 Å². The van der Waals surface area contributed by atoms with Gasteiger partial charge < -0.3 is 15.5 Å². The van der Waals surface area contributed by atoms with Gasteiger partial charge in [0, 0.05) is 38.0 Å². The van der Waals surface area contributed by atoms with Crippen LogP contribution in [0.5, 0.6) is 0 Å². The molecular weight excluding hydrogens is 306 g/mol. The Morgan fingerprint density at radius 2 is 2.04 bits per heavy atom. The number of primary amides is 1. The van der Waals surface area contributed by atoms with E-state index in [1.807, 2.05) is 47.1 Å². The molecule has 128 valence electrons. The second-order valence-electron chi connectivity index (χ2n) is 6.38. The fourth-order valence-electron chi connectivity index (χ4n) is 3.14. The molecule has 2 aromatic rings. The standard InChI is InChI=1S/C17H23N5O2/c1-20-8-9-21(12-14(11-20)17(18)24)16(23)6-7-22-15-5-3-2-4-13(15)10-19-22/h2-5,10,14H,6-9,11-12H2,1H3,(H2,18,24)/t14-/m1/s1. The van der Waals surface area contributed by atoms with Gasteiger partial charge in [-0.25, -0.2) is 0 Å². The van der Waals surface area contributed by atoms with Crippen molar-refractivity contribution >= 4 is 22.7 Å². The van der Waals surface area contributed by atoms with Gasteiger partial charge >= 0.3 is 0 Å². The number of hydrogen-bond acceptors (Lipinski definition) is 4. The number of aromatic nitrogens is 2. The van der Waals surface area contributed by atoms with Gasteiger partial charge in [-0.05, 0) is 13.1 Å². The molecule has 1 aromatic heterocycles. The molecule has 1 aliphatic rings. The Balaban J connectivity index is 1.64. The zero-order valence-corrected chi connectivity index (χ0v) is 13.9. The van der Waals surface area contributed by atoms with Crippen LogP contribution in [-0.4, -0.2) is 64.6 Å². The first-order valence-corrected chi connectivity index (χ1v) is 8.21. The molecule has 3 rings (SSSR count). The van der Waals surface area contributed by atoms with E-state index >= 15 is 0 Å². The largest absolute Gasteiger partial charge is 0.369 e. The second-order valence-corrected chi connectivity index (χ2v) is 6.38. The number of fused-ring (bicyclic) bond motifs is 1. The predicted molar refractivity (Wildman–Crippen MR) is 91.1 cm³/mol. The summed E-state index contributed by atoms with van der Waals surface area (Å²) in [5.74, 6) is -0.622. The number of carbonyl (C=O) groups is 2. The number of amides is 2. The van der Waals surface area contributed by atoms with Crippen molar-refractivity contribution in [2.75, 3.05) is 33.2 Å². The van der Waals surface area contributed by atoms with Gasteiger partial charge in [-0.2, -0.15) is 5.10 Å². The van der Waals surface area contributed by atoms with Crippen molar-refractivity contribution in [3.63, 3.8) is 0 Å². The van der Waals surface area contributed by atoms with Crippen LogP contribution in [0.25, 0.3) is 10.9 Å². The van der Waals surface area contributed by atoms with Gasteiger partial charge in [-0.1, -0.05) is 18.2 Å². The van der Waals surface area contributed by atoms with Crippen LogP contribution in [0.1, 0.15) is 6.42 Å². The molecule has 1 atom stereocenters. The summed E-state index contributed by atoms with van der Waals surface area (Å²) in [4.78, 5) is 27.9. The zero-order valence-electron chi connectivity index (χ0n) is 13.9. The van der Waals surface area contributed by atoms with E-state index in [0.29, 0.717) is 32.6 Å². The van der Waals surface area contributed by atoms with E-state index in [-0.39, 0.29) is 17.7 Å². The predicted octanol–water partition coefficient (Wildman–Crippen LogP) is 0.302. The number of benzene rings is 1. The Hall–Kier alpha value is -2.41. The van der Waals surface area contributed by atoms with E-state index in [1.165, 1.54) is 0 Å². The van der Waals surface area contributed by atoms with Gasteiger partial charge in [0.25, 0.3) is 0 Å². The van der Waals surface area contributed by atoms with Gasteiger partial charge in [0.05, 0.1) is 24.2 Å². The molecule has 0 saturated carbocycles. The molecule has 7 nitrogen and oxygen atoms in total. The Morgan fingerprint density at radius 1 is 1.25 bits per heavy atom. The molecule has 2 heterocycles. The highest BCUT2D eigenvalue weighted by Gasteiger charge is 2.27. The second kappa shape index (κ2) is 7.00. The first-order valence-electron chi connectivity index (χ1n) is 8.21. The van der Waals surface area contributed by atoms with Crippen molar-refractivity contribution in [2.45, 2.75) is 13.0 Å². The minimum absolute atomic E-state index is 0.0381.